The molecule has 0 amide bonds. The molecular formula is C60H48N6. The minimum Gasteiger partial charge on any atom is -0.309 e. The Morgan fingerprint density at radius 1 is 0.379 bits per heavy atom. The molecule has 0 aliphatic heterocycles. The van der Waals surface area contributed by atoms with Crippen LogP contribution in [0.25, 0.3) is 100 Å². The normalized spacial score (nSPS) is 12.1. The van der Waals surface area contributed by atoms with E-state index < -0.39 is 0 Å². The van der Waals surface area contributed by atoms with E-state index in [2.05, 4.69) is 172 Å². The largest absolute Gasteiger partial charge is 0.309 e. The molecule has 0 aliphatic carbocycles. The number of fused-ring (bicyclic) bond motifs is 6. The standard InChI is InChI=1S/C60H48N6/c1-59(2,3)43-28-31-53-48(35-43)49-36-44(60(4,5)6)29-32-54(49)65(53)52-30-27-41(58-63-56(38-17-9-7-10-18-38)62-57(64-58)39-19-11-8-12-20-39)33-47(52)40-25-26-42(37-61)55(34-40)66-50-23-15-13-21-45(50)46-22-14-16-24-51(46)66/h7-36H,1-6H3. The highest BCUT2D eigenvalue weighted by molar-refractivity contribution is 6.11. The Morgan fingerprint density at radius 2 is 0.818 bits per heavy atom. The second-order valence-corrected chi connectivity index (χ2v) is 19.3. The van der Waals surface area contributed by atoms with Crippen molar-refractivity contribution in [1.82, 2.24) is 24.1 Å². The van der Waals surface area contributed by atoms with Crippen molar-refractivity contribution >= 4 is 43.6 Å². The van der Waals surface area contributed by atoms with Crippen molar-refractivity contribution in [2.75, 3.05) is 0 Å². The highest BCUT2D eigenvalue weighted by Gasteiger charge is 2.24. The first-order chi connectivity index (χ1) is 31.9. The molecule has 0 saturated heterocycles. The van der Waals surface area contributed by atoms with Gasteiger partial charge in [0, 0.05) is 43.8 Å². The quantitative estimate of drug-likeness (QED) is 0.167. The van der Waals surface area contributed by atoms with Crippen molar-refractivity contribution in [2.45, 2.75) is 52.4 Å². The molecule has 0 aliphatic rings. The number of hydrogen-bond donors (Lipinski definition) is 0. The third kappa shape index (κ3) is 6.92. The van der Waals surface area contributed by atoms with Gasteiger partial charge in [0.15, 0.2) is 17.5 Å². The molecule has 11 aromatic rings. The van der Waals surface area contributed by atoms with Crippen LogP contribution in [-0.4, -0.2) is 24.1 Å². The van der Waals surface area contributed by atoms with Gasteiger partial charge < -0.3 is 9.13 Å². The number of nitrogens with zero attached hydrogens (tertiary/aromatic N) is 6. The Bertz CT molecular complexity index is 3540. The third-order valence-corrected chi connectivity index (χ3v) is 12.9. The number of rotatable bonds is 6. The Hall–Kier alpha value is -8.14. The van der Waals surface area contributed by atoms with Crippen LogP contribution in [-0.2, 0) is 10.8 Å². The molecule has 3 heterocycles. The zero-order chi connectivity index (χ0) is 45.3. The van der Waals surface area contributed by atoms with Gasteiger partial charge in [0.2, 0.25) is 0 Å². The molecule has 0 fully saturated rings. The fraction of sp³-hybridized carbons (Fsp3) is 0.133. The van der Waals surface area contributed by atoms with Gasteiger partial charge in [-0.05, 0) is 94.3 Å². The molecule has 6 nitrogen and oxygen atoms in total. The molecule has 0 saturated carbocycles. The molecule has 11 rings (SSSR count). The predicted molar refractivity (Wildman–Crippen MR) is 272 cm³/mol. The zero-order valence-corrected chi connectivity index (χ0v) is 38.0. The molecule has 6 heteroatoms. The van der Waals surface area contributed by atoms with Crippen molar-refractivity contribution in [2.24, 2.45) is 0 Å². The molecule has 0 unspecified atom stereocenters. The maximum Gasteiger partial charge on any atom is 0.164 e. The first kappa shape index (κ1) is 40.6. The molecule has 0 radical (unpaired) electrons. The molecule has 0 N–H and O–H groups in total. The van der Waals surface area contributed by atoms with E-state index in [4.69, 9.17) is 15.0 Å². The van der Waals surface area contributed by atoms with Crippen LogP contribution in [0.5, 0.6) is 0 Å². The van der Waals surface area contributed by atoms with E-state index in [-0.39, 0.29) is 10.8 Å². The lowest BCUT2D eigenvalue weighted by Gasteiger charge is -2.20. The SMILES string of the molecule is CC(C)(C)c1ccc2c(c1)c1cc(C(C)(C)C)ccc1n2-c1ccc(-c2nc(-c3ccccc3)nc(-c3ccccc3)n2)cc1-c1ccc(C#N)c(-n2c3ccccc3c3ccccc32)c1. The average Bonchev–Trinajstić information content (AvgIpc) is 3.85. The molecule has 3 aromatic heterocycles. The molecule has 318 valence electrons. The highest BCUT2D eigenvalue weighted by Crippen LogP contribution is 2.42. The zero-order valence-electron chi connectivity index (χ0n) is 38.0. The van der Waals surface area contributed by atoms with E-state index in [1.807, 2.05) is 66.7 Å². The van der Waals surface area contributed by atoms with Gasteiger partial charge >= 0.3 is 0 Å². The van der Waals surface area contributed by atoms with Crippen LogP contribution in [0.4, 0.5) is 0 Å². The summed E-state index contributed by atoms with van der Waals surface area (Å²) in [5.41, 5.74) is 13.8. The van der Waals surface area contributed by atoms with Gasteiger partial charge in [0.05, 0.1) is 39.0 Å². The summed E-state index contributed by atoms with van der Waals surface area (Å²) in [6.45, 7) is 13.7. The number of hydrogen-bond acceptors (Lipinski definition) is 4. The first-order valence-corrected chi connectivity index (χ1v) is 22.6. The minimum absolute atomic E-state index is 0.0372. The number of aromatic nitrogens is 5. The van der Waals surface area contributed by atoms with Crippen molar-refractivity contribution in [3.8, 4) is 62.7 Å². The van der Waals surface area contributed by atoms with E-state index in [0.717, 1.165) is 72.0 Å². The van der Waals surface area contributed by atoms with Crippen LogP contribution in [0.1, 0.15) is 58.2 Å². The summed E-state index contributed by atoms with van der Waals surface area (Å²) in [4.78, 5) is 15.3. The van der Waals surface area contributed by atoms with Crippen LogP contribution < -0.4 is 0 Å². The van der Waals surface area contributed by atoms with Gasteiger partial charge in [0.1, 0.15) is 6.07 Å². The molecule has 8 aromatic carbocycles. The van der Waals surface area contributed by atoms with Crippen molar-refractivity contribution in [1.29, 1.82) is 5.26 Å². The predicted octanol–water partition coefficient (Wildman–Crippen LogP) is 15.2. The third-order valence-electron chi connectivity index (χ3n) is 12.9. The Balaban J connectivity index is 1.22. The van der Waals surface area contributed by atoms with Gasteiger partial charge in [-0.25, -0.2) is 15.0 Å². The van der Waals surface area contributed by atoms with E-state index in [0.29, 0.717) is 23.0 Å². The summed E-state index contributed by atoms with van der Waals surface area (Å²) in [6.07, 6.45) is 0. The first-order valence-electron chi connectivity index (χ1n) is 22.6. The van der Waals surface area contributed by atoms with E-state index in [1.54, 1.807) is 0 Å². The monoisotopic (exact) mass is 852 g/mol. The van der Waals surface area contributed by atoms with Gasteiger partial charge in [-0.2, -0.15) is 5.26 Å². The fourth-order valence-electron chi connectivity index (χ4n) is 9.42. The van der Waals surface area contributed by atoms with Gasteiger partial charge in [-0.3, -0.25) is 0 Å². The molecular weight excluding hydrogens is 805 g/mol. The number of benzene rings is 8. The summed E-state index contributed by atoms with van der Waals surface area (Å²) >= 11 is 0. The van der Waals surface area contributed by atoms with Crippen LogP contribution in [0, 0.1) is 11.3 Å². The fourth-order valence-corrected chi connectivity index (χ4v) is 9.42. The summed E-state index contributed by atoms with van der Waals surface area (Å²) in [5.74, 6) is 1.77. The second-order valence-electron chi connectivity index (χ2n) is 19.3. The van der Waals surface area contributed by atoms with Gasteiger partial charge in [0.25, 0.3) is 0 Å². The maximum absolute atomic E-state index is 10.8. The summed E-state index contributed by atoms with van der Waals surface area (Å²) < 4.78 is 4.65. The maximum atomic E-state index is 10.8. The summed E-state index contributed by atoms with van der Waals surface area (Å²) in [7, 11) is 0. The smallest absolute Gasteiger partial charge is 0.164 e. The second kappa shape index (κ2) is 15.5. The van der Waals surface area contributed by atoms with Crippen molar-refractivity contribution in [3.63, 3.8) is 0 Å². The summed E-state index contributed by atoms with van der Waals surface area (Å²) in [5, 5.41) is 15.5. The van der Waals surface area contributed by atoms with Crippen LogP contribution in [0.15, 0.2) is 182 Å². The molecule has 0 spiro atoms. The van der Waals surface area contributed by atoms with E-state index in [1.165, 1.54) is 21.9 Å². The van der Waals surface area contributed by atoms with Crippen molar-refractivity contribution < 1.29 is 0 Å². The lowest BCUT2D eigenvalue weighted by Crippen LogP contribution is -2.10. The number of para-hydroxylation sites is 2. The minimum atomic E-state index is -0.0372. The van der Waals surface area contributed by atoms with Crippen LogP contribution in [0.3, 0.4) is 0 Å². The molecule has 0 bridgehead atoms. The highest BCUT2D eigenvalue weighted by atomic mass is 15.0. The molecule has 66 heavy (non-hydrogen) atoms. The Morgan fingerprint density at radius 3 is 1.32 bits per heavy atom. The van der Waals surface area contributed by atoms with Gasteiger partial charge in [-0.15, -0.1) is 0 Å². The lowest BCUT2D eigenvalue weighted by molar-refractivity contribution is 0.590. The Labute approximate surface area is 385 Å². The van der Waals surface area contributed by atoms with Crippen molar-refractivity contribution in [3.05, 3.63) is 199 Å². The van der Waals surface area contributed by atoms with E-state index >= 15 is 0 Å². The van der Waals surface area contributed by atoms with Gasteiger partial charge in [-0.1, -0.05) is 157 Å². The summed E-state index contributed by atoms with van der Waals surface area (Å²) in [6, 6.07) is 66.3. The van der Waals surface area contributed by atoms with Crippen LogP contribution in [0.2, 0.25) is 0 Å². The Kier molecular flexibility index (Phi) is 9.56. The topological polar surface area (TPSA) is 72.3 Å². The number of nitriles is 1. The average molecular weight is 853 g/mol. The lowest BCUT2D eigenvalue weighted by atomic mass is 9.85. The molecule has 0 atom stereocenters. The van der Waals surface area contributed by atoms with E-state index in [9.17, 15) is 5.26 Å². The van der Waals surface area contributed by atoms with Crippen LogP contribution >= 0.6 is 0 Å².